The number of rotatable bonds is 6. The highest BCUT2D eigenvalue weighted by Crippen LogP contribution is 2.38. The average Bonchev–Trinajstić information content (AvgIpc) is 3.38. The molecule has 1 aliphatic heterocycles. The summed E-state index contributed by atoms with van der Waals surface area (Å²) in [7, 11) is -2.63. The third kappa shape index (κ3) is 5.54. The molecule has 1 saturated heterocycles. The topological polar surface area (TPSA) is 109 Å². The molecule has 0 atom stereocenters. The van der Waals surface area contributed by atoms with Crippen molar-refractivity contribution in [3.8, 4) is 11.3 Å². The summed E-state index contributed by atoms with van der Waals surface area (Å²) < 4.78 is 85.6. The zero-order valence-electron chi connectivity index (χ0n) is 23.4. The second-order valence-corrected chi connectivity index (χ2v) is 12.8. The number of nitrogens with two attached hydrogens (primary N) is 1. The van der Waals surface area contributed by atoms with E-state index >= 15 is 4.39 Å². The number of benzene rings is 2. The minimum absolute atomic E-state index is 0.115. The Labute approximate surface area is 246 Å². The van der Waals surface area contributed by atoms with Crippen LogP contribution in [0.15, 0.2) is 47.5 Å². The average molecular weight is 618 g/mol. The molecule has 1 saturated carbocycles. The Balaban J connectivity index is 1.27. The summed E-state index contributed by atoms with van der Waals surface area (Å²) >= 11 is 0. The van der Waals surface area contributed by atoms with Gasteiger partial charge in [-0.3, -0.25) is 14.3 Å². The molecule has 0 bridgehead atoms. The van der Waals surface area contributed by atoms with Crippen molar-refractivity contribution in [2.24, 2.45) is 0 Å². The van der Waals surface area contributed by atoms with E-state index in [9.17, 15) is 21.6 Å². The summed E-state index contributed by atoms with van der Waals surface area (Å²) in [6, 6.07) is 7.20. The number of nitrogen functional groups attached to an aromatic ring is 1. The molecular formula is C29H31F4N7O2S. The number of aromatic nitrogens is 3. The lowest BCUT2D eigenvalue weighted by Crippen LogP contribution is -2.49. The van der Waals surface area contributed by atoms with Crippen LogP contribution in [-0.4, -0.2) is 72.3 Å². The van der Waals surface area contributed by atoms with E-state index in [1.165, 1.54) is 6.07 Å². The summed E-state index contributed by atoms with van der Waals surface area (Å²) in [5.41, 5.74) is 7.24. The van der Waals surface area contributed by atoms with Crippen molar-refractivity contribution < 1.29 is 26.0 Å². The number of pyridine rings is 1. The number of piperazine rings is 1. The summed E-state index contributed by atoms with van der Waals surface area (Å²) in [6.45, 7) is 4.27. The van der Waals surface area contributed by atoms with Gasteiger partial charge in [-0.2, -0.15) is 5.10 Å². The van der Waals surface area contributed by atoms with E-state index in [0.29, 0.717) is 34.8 Å². The van der Waals surface area contributed by atoms with E-state index in [4.69, 9.17) is 10.8 Å². The molecule has 4 aromatic rings. The van der Waals surface area contributed by atoms with Gasteiger partial charge >= 0.3 is 0 Å². The normalized spacial score (nSPS) is 20.5. The van der Waals surface area contributed by atoms with Crippen molar-refractivity contribution in [3.63, 3.8) is 0 Å². The quantitative estimate of drug-likeness (QED) is 0.237. The number of fused-ring (bicyclic) bond motifs is 1. The van der Waals surface area contributed by atoms with Crippen LogP contribution >= 0.6 is 0 Å². The molecule has 0 radical (unpaired) electrons. The van der Waals surface area contributed by atoms with Crippen LogP contribution in [0.3, 0.4) is 0 Å². The number of nitrogens with zero attached hydrogens (tertiary/aromatic N) is 5. The predicted molar refractivity (Wildman–Crippen MR) is 155 cm³/mol. The number of sulfonamides is 1. The van der Waals surface area contributed by atoms with E-state index < -0.39 is 43.9 Å². The molecule has 1 aliphatic carbocycles. The van der Waals surface area contributed by atoms with Crippen molar-refractivity contribution in [3.05, 3.63) is 65.9 Å². The van der Waals surface area contributed by atoms with E-state index in [0.717, 1.165) is 69.5 Å². The van der Waals surface area contributed by atoms with Gasteiger partial charge in [0.2, 0.25) is 0 Å². The van der Waals surface area contributed by atoms with E-state index in [1.54, 1.807) is 6.20 Å². The lowest BCUT2D eigenvalue weighted by Gasteiger charge is -2.41. The van der Waals surface area contributed by atoms with Gasteiger partial charge in [0.1, 0.15) is 22.2 Å². The maximum atomic E-state index is 15.3. The molecule has 228 valence electrons. The Morgan fingerprint density at radius 2 is 1.58 bits per heavy atom. The SMILES string of the molecule is CN1CCN(C2CCC(n3nc(-c4ccc(NS(=O)(=O)c5ccc(F)c(F)c5F)c(F)c4)c4c(N)nccc43)CC2)CC1. The molecule has 2 fully saturated rings. The zero-order valence-corrected chi connectivity index (χ0v) is 24.2. The monoisotopic (exact) mass is 617 g/mol. The van der Waals surface area contributed by atoms with Crippen LogP contribution in [0.1, 0.15) is 31.7 Å². The van der Waals surface area contributed by atoms with Gasteiger partial charge < -0.3 is 10.6 Å². The van der Waals surface area contributed by atoms with Crippen LogP contribution in [0.25, 0.3) is 22.2 Å². The fourth-order valence-corrected chi connectivity index (χ4v) is 7.25. The first-order valence-corrected chi connectivity index (χ1v) is 15.5. The third-order valence-corrected chi connectivity index (χ3v) is 9.88. The molecule has 3 heterocycles. The van der Waals surface area contributed by atoms with Gasteiger partial charge in [0.15, 0.2) is 17.5 Å². The highest BCUT2D eigenvalue weighted by molar-refractivity contribution is 7.92. The van der Waals surface area contributed by atoms with Crippen LogP contribution in [0, 0.1) is 23.3 Å². The van der Waals surface area contributed by atoms with Crippen molar-refractivity contribution in [2.45, 2.75) is 42.7 Å². The molecule has 14 heteroatoms. The molecule has 0 spiro atoms. The van der Waals surface area contributed by atoms with Crippen LogP contribution in [0.4, 0.5) is 29.1 Å². The van der Waals surface area contributed by atoms with Gasteiger partial charge in [0, 0.05) is 44.0 Å². The van der Waals surface area contributed by atoms with Crippen molar-refractivity contribution in [1.29, 1.82) is 0 Å². The molecule has 6 rings (SSSR count). The predicted octanol–water partition coefficient (Wildman–Crippen LogP) is 4.77. The second-order valence-electron chi connectivity index (χ2n) is 11.2. The number of hydrogen-bond donors (Lipinski definition) is 2. The summed E-state index contributed by atoms with van der Waals surface area (Å²) in [4.78, 5) is 7.97. The number of hydrogen-bond acceptors (Lipinski definition) is 7. The highest BCUT2D eigenvalue weighted by atomic mass is 32.2. The summed E-state index contributed by atoms with van der Waals surface area (Å²) in [6.07, 6.45) is 5.52. The zero-order chi connectivity index (χ0) is 30.5. The van der Waals surface area contributed by atoms with Crippen LogP contribution in [0.2, 0.25) is 0 Å². The Hall–Kier alpha value is -3.75. The molecule has 2 aliphatic rings. The van der Waals surface area contributed by atoms with E-state index in [2.05, 4.69) is 21.8 Å². The number of halogens is 4. The van der Waals surface area contributed by atoms with Gasteiger partial charge in [-0.05, 0) is 63.1 Å². The van der Waals surface area contributed by atoms with E-state index in [-0.39, 0.29) is 11.9 Å². The Morgan fingerprint density at radius 1 is 0.884 bits per heavy atom. The minimum atomic E-state index is -4.78. The molecule has 2 aromatic carbocycles. The Morgan fingerprint density at radius 3 is 2.28 bits per heavy atom. The molecule has 0 amide bonds. The number of likely N-dealkylation sites (N-methyl/N-ethyl adjacent to an activating group) is 1. The molecule has 9 nitrogen and oxygen atoms in total. The fourth-order valence-electron chi connectivity index (χ4n) is 6.11. The smallest absolute Gasteiger partial charge is 0.265 e. The van der Waals surface area contributed by atoms with Crippen molar-refractivity contribution in [2.75, 3.05) is 43.7 Å². The molecule has 43 heavy (non-hydrogen) atoms. The maximum absolute atomic E-state index is 15.3. The lowest BCUT2D eigenvalue weighted by molar-refractivity contribution is 0.0816. The first-order chi connectivity index (χ1) is 20.5. The van der Waals surface area contributed by atoms with Gasteiger partial charge in [0.25, 0.3) is 10.0 Å². The van der Waals surface area contributed by atoms with Gasteiger partial charge in [0.05, 0.1) is 22.6 Å². The molecule has 3 N–H and O–H groups in total. The van der Waals surface area contributed by atoms with Crippen molar-refractivity contribution >= 4 is 32.4 Å². The Bertz CT molecular complexity index is 1780. The lowest BCUT2D eigenvalue weighted by atomic mass is 9.89. The van der Waals surface area contributed by atoms with Crippen LogP contribution < -0.4 is 10.5 Å². The molecule has 2 aromatic heterocycles. The van der Waals surface area contributed by atoms with Crippen LogP contribution in [-0.2, 0) is 10.0 Å². The highest BCUT2D eigenvalue weighted by Gasteiger charge is 2.31. The number of nitrogens with one attached hydrogen (secondary N) is 1. The second kappa shape index (κ2) is 11.4. The minimum Gasteiger partial charge on any atom is -0.383 e. The Kier molecular flexibility index (Phi) is 7.77. The van der Waals surface area contributed by atoms with Gasteiger partial charge in [-0.1, -0.05) is 6.07 Å². The third-order valence-electron chi connectivity index (χ3n) is 8.49. The summed E-state index contributed by atoms with van der Waals surface area (Å²) in [5.74, 6) is -6.15. The first-order valence-electron chi connectivity index (χ1n) is 14.0. The van der Waals surface area contributed by atoms with Crippen molar-refractivity contribution in [1.82, 2.24) is 24.6 Å². The van der Waals surface area contributed by atoms with E-state index in [1.807, 2.05) is 15.5 Å². The molecular weight excluding hydrogens is 586 g/mol. The number of anilines is 2. The fraction of sp³-hybridized carbons (Fsp3) is 0.379. The molecule has 0 unspecified atom stereocenters. The maximum Gasteiger partial charge on any atom is 0.265 e. The largest absolute Gasteiger partial charge is 0.383 e. The first kappa shape index (κ1) is 29.3. The van der Waals surface area contributed by atoms with Gasteiger partial charge in [-0.25, -0.2) is 31.0 Å². The van der Waals surface area contributed by atoms with Crippen LogP contribution in [0.5, 0.6) is 0 Å². The standard InChI is InChI=1S/C29H31F4N7O2S/c1-38-12-14-39(15-13-38)18-3-5-19(6-4-18)40-23-10-11-35-29(34)25(23)28(36-40)17-2-8-22(21(31)16-17)37-43(41,42)24-9-7-20(30)26(32)27(24)33/h2,7-11,16,18-19,37H,3-6,12-15H2,1H3,(H2,34,35). The summed E-state index contributed by atoms with van der Waals surface area (Å²) in [5, 5.41) is 5.41. The van der Waals surface area contributed by atoms with Gasteiger partial charge in [-0.15, -0.1) is 0 Å².